The maximum Gasteiger partial charge on any atom is 0.230 e. The highest BCUT2D eigenvalue weighted by molar-refractivity contribution is 8.01. The molecule has 1 aliphatic heterocycles. The number of hydrogen-bond donors (Lipinski definition) is 1. The van der Waals surface area contributed by atoms with E-state index in [1.807, 2.05) is 6.92 Å². The third-order valence-corrected chi connectivity index (χ3v) is 8.64. The van der Waals surface area contributed by atoms with E-state index in [2.05, 4.69) is 15.5 Å². The van der Waals surface area contributed by atoms with Crippen molar-refractivity contribution in [1.29, 1.82) is 0 Å². The van der Waals surface area contributed by atoms with Crippen molar-refractivity contribution in [1.82, 2.24) is 14.5 Å². The fourth-order valence-corrected chi connectivity index (χ4v) is 6.83. The van der Waals surface area contributed by atoms with Gasteiger partial charge in [-0.15, -0.1) is 10.2 Å². The molecule has 2 aromatic rings. The minimum Gasteiger partial charge on any atom is -0.300 e. The predicted molar refractivity (Wildman–Crippen MR) is 118 cm³/mol. The minimum atomic E-state index is -3.62. The van der Waals surface area contributed by atoms with Crippen molar-refractivity contribution in [3.8, 4) is 0 Å². The van der Waals surface area contributed by atoms with E-state index in [-0.39, 0.29) is 18.2 Å². The van der Waals surface area contributed by atoms with E-state index in [0.29, 0.717) is 40.1 Å². The summed E-state index contributed by atoms with van der Waals surface area (Å²) in [5.41, 5.74) is 0.484. The zero-order valence-electron chi connectivity index (χ0n) is 15.6. The number of halogens is 2. The van der Waals surface area contributed by atoms with Crippen LogP contribution in [0.3, 0.4) is 0 Å². The first-order chi connectivity index (χ1) is 13.8. The van der Waals surface area contributed by atoms with Gasteiger partial charge >= 0.3 is 0 Å². The van der Waals surface area contributed by atoms with E-state index in [0.717, 1.165) is 10.1 Å². The summed E-state index contributed by atoms with van der Waals surface area (Å²) in [5.74, 6) is -0.0370. The van der Waals surface area contributed by atoms with Crippen molar-refractivity contribution >= 4 is 67.4 Å². The normalized spacial score (nSPS) is 18.0. The second kappa shape index (κ2) is 9.93. The van der Waals surface area contributed by atoms with Crippen LogP contribution in [0.25, 0.3) is 0 Å². The predicted octanol–water partition coefficient (Wildman–Crippen LogP) is 4.14. The molecule has 1 aliphatic rings. The Labute approximate surface area is 188 Å². The Balaban J connectivity index is 1.64. The second-order valence-electron chi connectivity index (χ2n) is 6.48. The fourth-order valence-electron chi connectivity index (χ4n) is 2.99. The van der Waals surface area contributed by atoms with Gasteiger partial charge in [0, 0.05) is 23.1 Å². The van der Waals surface area contributed by atoms with Crippen molar-refractivity contribution < 1.29 is 13.2 Å². The average Bonchev–Trinajstić information content (AvgIpc) is 3.11. The van der Waals surface area contributed by atoms with E-state index in [4.69, 9.17) is 23.2 Å². The highest BCUT2D eigenvalue weighted by Crippen LogP contribution is 2.28. The Morgan fingerprint density at radius 1 is 1.38 bits per heavy atom. The number of sulfonamides is 1. The van der Waals surface area contributed by atoms with Crippen LogP contribution < -0.4 is 5.32 Å². The molecule has 0 spiro atoms. The Bertz CT molecular complexity index is 984. The monoisotopic (exact) mass is 494 g/mol. The van der Waals surface area contributed by atoms with Crippen LogP contribution in [0.5, 0.6) is 0 Å². The van der Waals surface area contributed by atoms with Crippen molar-refractivity contribution in [2.24, 2.45) is 5.92 Å². The largest absolute Gasteiger partial charge is 0.300 e. The Kier molecular flexibility index (Phi) is 7.80. The summed E-state index contributed by atoms with van der Waals surface area (Å²) in [4.78, 5) is 12.6. The van der Waals surface area contributed by atoms with Gasteiger partial charge < -0.3 is 5.32 Å². The van der Waals surface area contributed by atoms with E-state index in [1.165, 1.54) is 21.7 Å². The van der Waals surface area contributed by atoms with Crippen molar-refractivity contribution in [2.75, 3.05) is 24.2 Å². The quantitative estimate of drug-likeness (QED) is 0.459. The maximum atomic E-state index is 12.9. The van der Waals surface area contributed by atoms with Crippen LogP contribution in [0.1, 0.15) is 25.3 Å². The number of nitrogens with one attached hydrogen (secondary N) is 1. The lowest BCUT2D eigenvalue weighted by molar-refractivity contribution is -0.120. The summed E-state index contributed by atoms with van der Waals surface area (Å²) in [6, 6.07) is 4.74. The van der Waals surface area contributed by atoms with Crippen LogP contribution >= 0.6 is 46.3 Å². The van der Waals surface area contributed by atoms with Gasteiger partial charge in [-0.05, 0) is 36.3 Å². The highest BCUT2D eigenvalue weighted by Gasteiger charge is 2.33. The van der Waals surface area contributed by atoms with Crippen molar-refractivity contribution in [3.63, 3.8) is 0 Å². The summed E-state index contributed by atoms with van der Waals surface area (Å²) in [6.45, 7) is 2.53. The molecule has 1 N–H and O–H groups in total. The van der Waals surface area contributed by atoms with Crippen LogP contribution in [0.2, 0.25) is 10.0 Å². The zero-order chi connectivity index (χ0) is 21.0. The zero-order valence-corrected chi connectivity index (χ0v) is 19.6. The highest BCUT2D eigenvalue weighted by atomic mass is 35.5. The van der Waals surface area contributed by atoms with E-state index in [9.17, 15) is 13.2 Å². The maximum absolute atomic E-state index is 12.9. The van der Waals surface area contributed by atoms with Crippen molar-refractivity contribution in [3.05, 3.63) is 33.8 Å². The molecule has 2 heterocycles. The number of anilines is 1. The first-order valence-corrected chi connectivity index (χ1v) is 13.1. The molecule has 158 valence electrons. The summed E-state index contributed by atoms with van der Waals surface area (Å²) >= 11 is 14.9. The molecule has 0 unspecified atom stereocenters. The minimum absolute atomic E-state index is 0.134. The van der Waals surface area contributed by atoms with Gasteiger partial charge in [0.1, 0.15) is 0 Å². The average molecular weight is 495 g/mol. The smallest absolute Gasteiger partial charge is 0.230 e. The number of nitrogens with zero attached hydrogens (tertiary/aromatic N) is 3. The number of aromatic nitrogens is 2. The molecule has 1 fully saturated rings. The molecular formula is C17H20Cl2N4O3S3. The molecule has 0 bridgehead atoms. The summed E-state index contributed by atoms with van der Waals surface area (Å²) in [6.07, 6.45) is 1.23. The van der Waals surface area contributed by atoms with Crippen LogP contribution in [0, 0.1) is 5.92 Å². The topological polar surface area (TPSA) is 92.3 Å². The molecule has 0 saturated carbocycles. The van der Waals surface area contributed by atoms with Gasteiger partial charge in [-0.25, -0.2) is 12.7 Å². The Morgan fingerprint density at radius 2 is 2.17 bits per heavy atom. The van der Waals surface area contributed by atoms with E-state index >= 15 is 0 Å². The number of rotatable bonds is 7. The van der Waals surface area contributed by atoms with Crippen LogP contribution in [-0.4, -0.2) is 47.7 Å². The third kappa shape index (κ3) is 6.05. The summed E-state index contributed by atoms with van der Waals surface area (Å²) in [5, 5.41) is 11.9. The van der Waals surface area contributed by atoms with Gasteiger partial charge in [-0.3, -0.25) is 4.79 Å². The lowest BCUT2D eigenvalue weighted by atomic mass is 9.99. The van der Waals surface area contributed by atoms with Gasteiger partial charge in [0.2, 0.25) is 21.1 Å². The molecule has 12 heteroatoms. The van der Waals surface area contributed by atoms with Gasteiger partial charge in [0.15, 0.2) is 4.34 Å². The Morgan fingerprint density at radius 3 is 2.90 bits per heavy atom. The number of hydrogen-bond acceptors (Lipinski definition) is 7. The van der Waals surface area contributed by atoms with Gasteiger partial charge in [0.05, 0.1) is 11.7 Å². The number of carbonyl (C=O) groups excluding carboxylic acids is 1. The van der Waals surface area contributed by atoms with Gasteiger partial charge in [0.25, 0.3) is 0 Å². The molecular weight excluding hydrogens is 475 g/mol. The summed E-state index contributed by atoms with van der Waals surface area (Å²) in [7, 11) is -3.62. The number of piperidine rings is 1. The molecule has 7 nitrogen and oxygen atoms in total. The standard InChI is InChI=1S/C17H20Cl2N4O3S3/c1-2-27-17-22-21-16(28-17)20-15(24)11-4-3-7-23(9-11)29(25,26)10-12-5-6-13(18)8-14(12)19/h5-6,8,11H,2-4,7,9-10H2,1H3,(H,20,21,24)/t11-/m1/s1. The first-order valence-electron chi connectivity index (χ1n) is 8.97. The summed E-state index contributed by atoms with van der Waals surface area (Å²) < 4.78 is 27.9. The SMILES string of the molecule is CCSc1nnc(NC(=O)[C@@H]2CCCN(S(=O)(=O)Cc3ccc(Cl)cc3Cl)C2)s1. The lowest BCUT2D eigenvalue weighted by Gasteiger charge is -2.31. The fraction of sp³-hybridized carbons (Fsp3) is 0.471. The molecule has 3 rings (SSSR count). The number of carbonyl (C=O) groups is 1. The van der Waals surface area contributed by atoms with Gasteiger partial charge in [-0.2, -0.15) is 0 Å². The van der Waals surface area contributed by atoms with Crippen LogP contribution in [-0.2, 0) is 20.6 Å². The van der Waals surface area contributed by atoms with Crippen LogP contribution in [0.4, 0.5) is 5.13 Å². The first kappa shape index (κ1) is 22.8. The molecule has 1 aromatic heterocycles. The van der Waals surface area contributed by atoms with Gasteiger partial charge in [-0.1, -0.05) is 59.3 Å². The molecule has 1 aromatic carbocycles. The number of amides is 1. The molecule has 0 radical (unpaired) electrons. The number of benzene rings is 1. The molecule has 0 aliphatic carbocycles. The van der Waals surface area contributed by atoms with Crippen LogP contribution in [0.15, 0.2) is 22.5 Å². The molecule has 1 saturated heterocycles. The lowest BCUT2D eigenvalue weighted by Crippen LogP contribution is -2.44. The molecule has 1 amide bonds. The molecule has 1 atom stereocenters. The van der Waals surface area contributed by atoms with E-state index < -0.39 is 15.9 Å². The third-order valence-electron chi connectivity index (χ3n) is 4.41. The second-order valence-corrected chi connectivity index (χ2v) is 11.8. The van der Waals surface area contributed by atoms with E-state index in [1.54, 1.807) is 23.9 Å². The number of thioether (sulfide) groups is 1. The molecule has 29 heavy (non-hydrogen) atoms. The Hall–Kier alpha value is -0.910. The van der Waals surface area contributed by atoms with Crippen molar-refractivity contribution in [2.45, 2.75) is 29.9 Å².